The lowest BCUT2D eigenvalue weighted by atomic mass is 10.4. The maximum atomic E-state index is 10.3. The van der Waals surface area contributed by atoms with Crippen LogP contribution in [0.1, 0.15) is 47.5 Å². The predicted octanol–water partition coefficient (Wildman–Crippen LogP) is 2.63. The fraction of sp³-hybridized carbons (Fsp3) is 1.00. The molecule has 8 heteroatoms. The van der Waals surface area contributed by atoms with E-state index in [1.54, 1.807) is 6.92 Å². The van der Waals surface area contributed by atoms with Gasteiger partial charge in [-0.2, -0.15) is 0 Å². The first-order chi connectivity index (χ1) is 8.95. The van der Waals surface area contributed by atoms with Gasteiger partial charge in [-0.25, -0.2) is 4.57 Å². The lowest BCUT2D eigenvalue weighted by Crippen LogP contribution is -2.02. The number of unbranched alkanes of at least 4 members (excludes halogenated alkanes) is 1. The van der Waals surface area contributed by atoms with Crippen molar-refractivity contribution in [1.29, 1.82) is 0 Å². The van der Waals surface area contributed by atoms with Crippen LogP contribution in [0.15, 0.2) is 0 Å². The summed E-state index contributed by atoms with van der Waals surface area (Å²) in [5.41, 5.74) is 0. The highest BCUT2D eigenvalue weighted by atomic mass is 31.2. The molecule has 0 amide bonds. The average molecular weight is 318 g/mol. The van der Waals surface area contributed by atoms with E-state index in [2.05, 4.69) is 22.9 Å². The Labute approximate surface area is 120 Å². The van der Waals surface area contributed by atoms with Crippen molar-refractivity contribution in [3.63, 3.8) is 0 Å². The molecule has 0 aromatic carbocycles. The third-order valence-corrected chi connectivity index (χ3v) is 3.79. The van der Waals surface area contributed by atoms with E-state index in [0.717, 1.165) is 20.3 Å². The summed E-state index contributed by atoms with van der Waals surface area (Å²) in [7, 11) is -3.14. The van der Waals surface area contributed by atoms with Gasteiger partial charge in [-0.1, -0.05) is 26.7 Å². The largest absolute Gasteiger partial charge is 0.471 e. The SMILES string of the molecule is CCCC.CCOP(=O)(O)OC.CCO[SiH2]OCC. The van der Waals surface area contributed by atoms with E-state index >= 15 is 0 Å². The molecule has 0 aliphatic rings. The van der Waals surface area contributed by atoms with E-state index < -0.39 is 17.8 Å². The first kappa shape index (κ1) is 24.3. The molecule has 0 radical (unpaired) electrons. The second-order valence-electron chi connectivity index (χ2n) is 3.17. The van der Waals surface area contributed by atoms with Gasteiger partial charge < -0.3 is 13.7 Å². The van der Waals surface area contributed by atoms with E-state index in [1.807, 2.05) is 13.8 Å². The van der Waals surface area contributed by atoms with Gasteiger partial charge in [-0.05, 0) is 20.8 Å². The van der Waals surface area contributed by atoms with E-state index in [9.17, 15) is 4.57 Å². The molecule has 0 fully saturated rings. The van der Waals surface area contributed by atoms with Crippen molar-refractivity contribution in [2.24, 2.45) is 0 Å². The van der Waals surface area contributed by atoms with E-state index in [0.29, 0.717) is 0 Å². The summed E-state index contributed by atoms with van der Waals surface area (Å²) in [6, 6.07) is 0. The van der Waals surface area contributed by atoms with Gasteiger partial charge in [0, 0.05) is 20.3 Å². The van der Waals surface area contributed by atoms with Crippen molar-refractivity contribution in [1.82, 2.24) is 0 Å². The molecule has 1 N–H and O–H groups in total. The predicted molar refractivity (Wildman–Crippen MR) is 80.8 cm³/mol. The molecule has 1 unspecified atom stereocenters. The Balaban J connectivity index is -0.000000214. The lowest BCUT2D eigenvalue weighted by molar-refractivity contribution is 0.181. The second-order valence-corrected chi connectivity index (χ2v) is 5.79. The highest BCUT2D eigenvalue weighted by Gasteiger charge is 2.15. The number of hydrogen-bond donors (Lipinski definition) is 1. The Morgan fingerprint density at radius 2 is 1.37 bits per heavy atom. The third-order valence-electron chi connectivity index (χ3n) is 1.60. The van der Waals surface area contributed by atoms with E-state index in [1.165, 1.54) is 12.8 Å². The maximum absolute atomic E-state index is 10.3. The Morgan fingerprint density at radius 1 is 0.947 bits per heavy atom. The zero-order valence-electron chi connectivity index (χ0n) is 13.2. The molecule has 6 nitrogen and oxygen atoms in total. The van der Waals surface area contributed by atoms with Crippen LogP contribution in [0.3, 0.4) is 0 Å². The fourth-order valence-electron chi connectivity index (χ4n) is 0.441. The standard InChI is InChI=1S/C4H12O2Si.C4H10.C3H9O4P/c1-3-5-7-6-4-2;1-3-4-2;1-3-7-8(4,5)6-2/h3-4,7H2,1-2H3;3-4H2,1-2H3;3H2,1-2H3,(H,4,5). The molecular formula is C11H31O6PSi. The van der Waals surface area contributed by atoms with Crippen LogP contribution in [0, 0.1) is 0 Å². The Morgan fingerprint density at radius 3 is 1.53 bits per heavy atom. The van der Waals surface area contributed by atoms with Crippen LogP contribution in [0.4, 0.5) is 0 Å². The van der Waals surface area contributed by atoms with Gasteiger partial charge >= 0.3 is 17.8 Å². The molecule has 0 aliphatic heterocycles. The highest BCUT2D eigenvalue weighted by Crippen LogP contribution is 2.41. The quantitative estimate of drug-likeness (QED) is 0.421. The molecule has 0 bridgehead atoms. The monoisotopic (exact) mass is 318 g/mol. The topological polar surface area (TPSA) is 74.2 Å². The molecule has 0 spiro atoms. The third kappa shape index (κ3) is 32.1. The first-order valence-corrected chi connectivity index (χ1v) is 9.29. The van der Waals surface area contributed by atoms with Crippen LogP contribution in [-0.2, 0) is 22.5 Å². The summed E-state index contributed by atoms with van der Waals surface area (Å²) in [5, 5.41) is 0. The minimum Gasteiger partial charge on any atom is -0.399 e. The van der Waals surface area contributed by atoms with Crippen molar-refractivity contribution >= 4 is 17.8 Å². The van der Waals surface area contributed by atoms with Crippen LogP contribution in [-0.4, -0.2) is 41.8 Å². The summed E-state index contributed by atoms with van der Waals surface area (Å²) in [4.78, 5) is 8.43. The van der Waals surface area contributed by atoms with Crippen LogP contribution in [0.5, 0.6) is 0 Å². The van der Waals surface area contributed by atoms with Crippen molar-refractivity contribution in [2.75, 3.05) is 26.9 Å². The molecule has 0 saturated carbocycles. The molecule has 0 aromatic heterocycles. The van der Waals surface area contributed by atoms with Gasteiger partial charge in [0.2, 0.25) is 0 Å². The number of phosphoric acid groups is 1. The maximum Gasteiger partial charge on any atom is 0.471 e. The molecular weight excluding hydrogens is 287 g/mol. The van der Waals surface area contributed by atoms with Crippen LogP contribution >= 0.6 is 7.82 Å². The molecule has 0 rings (SSSR count). The number of phosphoric ester groups is 1. The first-order valence-electron chi connectivity index (χ1n) is 6.63. The Kier molecular flexibility index (Phi) is 26.3. The number of hydrogen-bond acceptors (Lipinski definition) is 5. The minimum atomic E-state index is -3.67. The van der Waals surface area contributed by atoms with Gasteiger partial charge in [-0.3, -0.25) is 9.05 Å². The molecule has 0 aromatic rings. The van der Waals surface area contributed by atoms with Crippen LogP contribution < -0.4 is 0 Å². The summed E-state index contributed by atoms with van der Waals surface area (Å²) < 4.78 is 28.6. The Hall–Kier alpha value is 0.247. The molecule has 1 atom stereocenters. The second kappa shape index (κ2) is 20.6. The minimum absolute atomic E-state index is 0.182. The van der Waals surface area contributed by atoms with Gasteiger partial charge in [0.05, 0.1) is 6.61 Å². The van der Waals surface area contributed by atoms with Gasteiger partial charge in [0.25, 0.3) is 0 Å². The normalized spacial score (nSPS) is 12.6. The van der Waals surface area contributed by atoms with Crippen molar-refractivity contribution in [2.45, 2.75) is 47.5 Å². The number of rotatable bonds is 8. The van der Waals surface area contributed by atoms with Gasteiger partial charge in [0.1, 0.15) is 0 Å². The van der Waals surface area contributed by atoms with Crippen molar-refractivity contribution in [3.8, 4) is 0 Å². The fourth-order valence-corrected chi connectivity index (χ4v) is 1.32. The van der Waals surface area contributed by atoms with E-state index in [-0.39, 0.29) is 6.61 Å². The van der Waals surface area contributed by atoms with Gasteiger partial charge in [-0.15, -0.1) is 0 Å². The van der Waals surface area contributed by atoms with Crippen LogP contribution in [0.2, 0.25) is 0 Å². The summed E-state index contributed by atoms with van der Waals surface area (Å²) in [6.45, 7) is 11.7. The van der Waals surface area contributed by atoms with Crippen LogP contribution in [0.25, 0.3) is 0 Å². The van der Waals surface area contributed by atoms with Crippen molar-refractivity contribution in [3.05, 3.63) is 0 Å². The van der Waals surface area contributed by atoms with E-state index in [4.69, 9.17) is 13.7 Å². The summed E-state index contributed by atoms with van der Waals surface area (Å²) >= 11 is 0. The summed E-state index contributed by atoms with van der Waals surface area (Å²) in [5.74, 6) is 0. The molecule has 0 saturated heterocycles. The summed E-state index contributed by atoms with van der Waals surface area (Å²) in [6.07, 6.45) is 2.64. The van der Waals surface area contributed by atoms with Gasteiger partial charge in [0.15, 0.2) is 0 Å². The Bertz CT molecular complexity index is 188. The molecule has 0 heterocycles. The highest BCUT2D eigenvalue weighted by molar-refractivity contribution is 7.47. The molecule has 120 valence electrons. The average Bonchev–Trinajstić information content (AvgIpc) is 2.40. The molecule has 19 heavy (non-hydrogen) atoms. The molecule has 0 aliphatic carbocycles. The smallest absolute Gasteiger partial charge is 0.399 e. The zero-order chi connectivity index (χ0) is 15.6. The lowest BCUT2D eigenvalue weighted by Gasteiger charge is -2.04. The van der Waals surface area contributed by atoms with Crippen molar-refractivity contribution < 1.29 is 27.4 Å². The zero-order valence-corrected chi connectivity index (χ0v) is 15.5.